The molecule has 0 aromatic carbocycles. The van der Waals surface area contributed by atoms with E-state index < -0.39 is 5.97 Å². The number of likely N-dealkylation sites (tertiary alicyclic amines) is 1. The lowest BCUT2D eigenvalue weighted by molar-refractivity contribution is -0.905. The Labute approximate surface area is 113 Å². The van der Waals surface area contributed by atoms with Crippen molar-refractivity contribution in [3.63, 3.8) is 0 Å². The van der Waals surface area contributed by atoms with E-state index in [1.54, 1.807) is 0 Å². The van der Waals surface area contributed by atoms with Crippen molar-refractivity contribution in [2.45, 2.75) is 71.6 Å². The molecule has 1 aliphatic rings. The zero-order chi connectivity index (χ0) is 13.6. The van der Waals surface area contributed by atoms with E-state index in [1.807, 2.05) is 4.90 Å². The van der Waals surface area contributed by atoms with Gasteiger partial charge in [0.2, 0.25) is 0 Å². The molecule has 0 radical (unpaired) electrons. The summed E-state index contributed by atoms with van der Waals surface area (Å²) in [6.45, 7) is 7.62. The Bertz CT molecular complexity index is 185. The van der Waals surface area contributed by atoms with Crippen molar-refractivity contribution in [3.05, 3.63) is 0 Å². The number of hydrogen-bond acceptors (Lipinski definition) is 2. The molecule has 0 aliphatic carbocycles. The minimum absolute atomic E-state index is 0.972. The van der Waals surface area contributed by atoms with E-state index in [0.717, 1.165) is 6.92 Å². The van der Waals surface area contributed by atoms with Gasteiger partial charge in [-0.25, -0.2) is 0 Å². The Balaban J connectivity index is 0.000000631. The van der Waals surface area contributed by atoms with Crippen LogP contribution in [0.4, 0.5) is 0 Å². The number of rotatable bonds is 7. The van der Waals surface area contributed by atoms with Crippen molar-refractivity contribution in [1.29, 1.82) is 0 Å². The van der Waals surface area contributed by atoms with Crippen LogP contribution in [0.15, 0.2) is 0 Å². The molecule has 0 amide bonds. The fraction of sp³-hybridized carbons (Fsp3) is 0.933. The first-order valence-corrected chi connectivity index (χ1v) is 7.68. The van der Waals surface area contributed by atoms with Crippen molar-refractivity contribution in [3.8, 4) is 0 Å². The first kappa shape index (κ1) is 17.4. The summed E-state index contributed by atoms with van der Waals surface area (Å²) < 4.78 is 0. The Hall–Kier alpha value is -0.570. The maximum absolute atomic E-state index is 8.89. The van der Waals surface area contributed by atoms with Crippen molar-refractivity contribution in [2.75, 3.05) is 19.6 Å². The molecular formula is C15H31NO2. The molecular weight excluding hydrogens is 226 g/mol. The molecule has 0 aromatic rings. The van der Waals surface area contributed by atoms with Crippen LogP contribution < -0.4 is 10.0 Å². The molecule has 0 aromatic heterocycles. The summed E-state index contributed by atoms with van der Waals surface area (Å²) in [6.07, 6.45) is 13.1. The van der Waals surface area contributed by atoms with Gasteiger partial charge in [0.25, 0.3) is 0 Å². The average molecular weight is 257 g/mol. The van der Waals surface area contributed by atoms with Crippen LogP contribution in [0, 0.1) is 0 Å². The second-order valence-electron chi connectivity index (χ2n) is 5.32. The molecule has 0 bridgehead atoms. The van der Waals surface area contributed by atoms with Gasteiger partial charge in [-0.1, -0.05) is 32.6 Å². The van der Waals surface area contributed by atoms with Gasteiger partial charge in [0.05, 0.1) is 19.6 Å². The second kappa shape index (κ2) is 12.9. The molecule has 1 fully saturated rings. The lowest BCUT2D eigenvalue weighted by Crippen LogP contribution is -3.12. The Kier molecular flexibility index (Phi) is 12.5. The molecule has 1 N–H and O–H groups in total. The molecule has 3 heteroatoms. The normalized spacial score (nSPS) is 15.9. The number of quaternary nitrogens is 1. The summed E-state index contributed by atoms with van der Waals surface area (Å²) in [4.78, 5) is 10.8. The van der Waals surface area contributed by atoms with Gasteiger partial charge in [-0.2, -0.15) is 0 Å². The molecule has 0 saturated carbocycles. The van der Waals surface area contributed by atoms with Gasteiger partial charge in [0, 0.05) is 5.97 Å². The van der Waals surface area contributed by atoms with E-state index in [9.17, 15) is 0 Å². The Morgan fingerprint density at radius 2 is 1.50 bits per heavy atom. The highest BCUT2D eigenvalue weighted by Crippen LogP contribution is 2.04. The van der Waals surface area contributed by atoms with Crippen LogP contribution in [0.5, 0.6) is 0 Å². The zero-order valence-electron chi connectivity index (χ0n) is 12.3. The van der Waals surface area contributed by atoms with Crippen LogP contribution in [0.25, 0.3) is 0 Å². The van der Waals surface area contributed by atoms with Crippen molar-refractivity contribution < 1.29 is 14.8 Å². The van der Waals surface area contributed by atoms with Crippen LogP contribution in [0.2, 0.25) is 0 Å². The van der Waals surface area contributed by atoms with Gasteiger partial charge in [-0.3, -0.25) is 0 Å². The van der Waals surface area contributed by atoms with Crippen LogP contribution in [-0.2, 0) is 4.79 Å². The van der Waals surface area contributed by atoms with Gasteiger partial charge in [-0.15, -0.1) is 0 Å². The number of carbonyl (C=O) groups excluding carboxylic acids is 1. The molecule has 0 atom stereocenters. The topological polar surface area (TPSA) is 44.6 Å². The number of hydrogen-bond donors (Lipinski definition) is 1. The molecule has 1 heterocycles. The number of piperidine rings is 1. The van der Waals surface area contributed by atoms with E-state index in [1.165, 1.54) is 77.4 Å². The Morgan fingerprint density at radius 1 is 1.00 bits per heavy atom. The standard InChI is InChI=1S/C13H27N.C2H4O2/c1-2-3-4-5-6-8-11-14-12-9-7-10-13-14;1-2(3)4/h2-13H2,1H3;1H3,(H,3,4). The monoisotopic (exact) mass is 257 g/mol. The first-order valence-electron chi connectivity index (χ1n) is 7.68. The summed E-state index contributed by atoms with van der Waals surface area (Å²) in [7, 11) is 0. The van der Waals surface area contributed by atoms with Gasteiger partial charge in [0.1, 0.15) is 0 Å². The fourth-order valence-corrected chi connectivity index (χ4v) is 2.46. The van der Waals surface area contributed by atoms with Crippen LogP contribution >= 0.6 is 0 Å². The fourth-order valence-electron chi connectivity index (χ4n) is 2.46. The average Bonchev–Trinajstić information content (AvgIpc) is 2.34. The Morgan fingerprint density at radius 3 is 2.06 bits per heavy atom. The minimum Gasteiger partial charge on any atom is -0.550 e. The molecule has 1 aliphatic heterocycles. The molecule has 108 valence electrons. The van der Waals surface area contributed by atoms with Crippen LogP contribution in [0.1, 0.15) is 71.6 Å². The maximum Gasteiger partial charge on any atom is 0.0770 e. The number of carboxylic acids is 1. The van der Waals surface area contributed by atoms with Gasteiger partial charge >= 0.3 is 0 Å². The summed E-state index contributed by atoms with van der Waals surface area (Å²) in [5, 5.41) is 8.89. The largest absolute Gasteiger partial charge is 0.550 e. The highest BCUT2D eigenvalue weighted by atomic mass is 16.4. The number of unbranched alkanes of at least 4 members (excludes halogenated alkanes) is 5. The predicted molar refractivity (Wildman–Crippen MR) is 73.5 cm³/mol. The molecule has 1 rings (SSSR count). The highest BCUT2D eigenvalue weighted by molar-refractivity contribution is 5.60. The quantitative estimate of drug-likeness (QED) is 0.696. The predicted octanol–water partition coefficient (Wildman–Crippen LogP) is 1.17. The van der Waals surface area contributed by atoms with E-state index in [-0.39, 0.29) is 0 Å². The number of nitrogens with one attached hydrogen (secondary N) is 1. The SMILES string of the molecule is CC(=O)[O-].CCCCCCCC[NH+]1CCCCC1. The van der Waals surface area contributed by atoms with Gasteiger partial charge < -0.3 is 14.8 Å². The van der Waals surface area contributed by atoms with E-state index >= 15 is 0 Å². The lowest BCUT2D eigenvalue weighted by atomic mass is 10.1. The summed E-state index contributed by atoms with van der Waals surface area (Å²) in [5.74, 6) is -1.08. The van der Waals surface area contributed by atoms with E-state index in [0.29, 0.717) is 0 Å². The summed E-state index contributed by atoms with van der Waals surface area (Å²) >= 11 is 0. The summed E-state index contributed by atoms with van der Waals surface area (Å²) in [6, 6.07) is 0. The van der Waals surface area contributed by atoms with Gasteiger partial charge in [0.15, 0.2) is 0 Å². The molecule has 0 spiro atoms. The van der Waals surface area contributed by atoms with E-state index in [2.05, 4.69) is 6.92 Å². The van der Waals surface area contributed by atoms with Crippen LogP contribution in [0.3, 0.4) is 0 Å². The zero-order valence-corrected chi connectivity index (χ0v) is 12.3. The number of carboxylic acid groups (broad SMARTS) is 1. The smallest absolute Gasteiger partial charge is 0.0770 e. The van der Waals surface area contributed by atoms with Crippen molar-refractivity contribution in [1.82, 2.24) is 0 Å². The molecule has 18 heavy (non-hydrogen) atoms. The van der Waals surface area contributed by atoms with Crippen molar-refractivity contribution in [2.24, 2.45) is 0 Å². The van der Waals surface area contributed by atoms with Crippen LogP contribution in [-0.4, -0.2) is 25.6 Å². The lowest BCUT2D eigenvalue weighted by Gasteiger charge is -2.23. The van der Waals surface area contributed by atoms with Gasteiger partial charge in [-0.05, 0) is 39.0 Å². The second-order valence-corrected chi connectivity index (χ2v) is 5.32. The summed E-state index contributed by atoms with van der Waals surface area (Å²) in [5.41, 5.74) is 0. The molecule has 3 nitrogen and oxygen atoms in total. The van der Waals surface area contributed by atoms with E-state index in [4.69, 9.17) is 9.90 Å². The maximum atomic E-state index is 8.89. The highest BCUT2D eigenvalue weighted by Gasteiger charge is 2.11. The molecule has 1 saturated heterocycles. The van der Waals surface area contributed by atoms with Crippen molar-refractivity contribution >= 4 is 5.97 Å². The number of aliphatic carboxylic acids is 1. The number of carbonyl (C=O) groups is 1. The third-order valence-electron chi connectivity index (χ3n) is 3.44. The molecule has 0 unspecified atom stereocenters. The minimum atomic E-state index is -1.08. The third-order valence-corrected chi connectivity index (χ3v) is 3.44. The third kappa shape index (κ3) is 13.5. The first-order chi connectivity index (χ1) is 8.66.